The summed E-state index contributed by atoms with van der Waals surface area (Å²) >= 11 is 0. The van der Waals surface area contributed by atoms with Crippen molar-refractivity contribution in [3.8, 4) is 0 Å². The molecule has 146 valence electrons. The molecular formula is C23H43NO. The van der Waals surface area contributed by atoms with Gasteiger partial charge in [0.2, 0.25) is 0 Å². The fraction of sp³-hybridized carbons (Fsp3) is 0.739. The number of rotatable bonds is 15. The minimum atomic E-state index is 0. The summed E-state index contributed by atoms with van der Waals surface area (Å²) in [6.45, 7) is 10.7. The molecule has 0 unspecified atom stereocenters. The van der Waals surface area contributed by atoms with Crippen LogP contribution in [0, 0.1) is 6.92 Å². The largest absolute Gasteiger partial charge is 0.412 e. The monoisotopic (exact) mass is 349 g/mol. The van der Waals surface area contributed by atoms with Crippen LogP contribution in [0.5, 0.6) is 0 Å². The molecule has 0 atom stereocenters. The molecule has 0 spiro atoms. The van der Waals surface area contributed by atoms with Crippen molar-refractivity contribution in [2.45, 2.75) is 91.4 Å². The first-order chi connectivity index (χ1) is 11.8. The number of hydrogen-bond acceptors (Lipinski definition) is 1. The van der Waals surface area contributed by atoms with Gasteiger partial charge in [-0.15, -0.1) is 0 Å². The quantitative estimate of drug-likeness (QED) is 0.360. The molecule has 0 fully saturated rings. The van der Waals surface area contributed by atoms with Gasteiger partial charge in [-0.3, -0.25) is 0 Å². The van der Waals surface area contributed by atoms with Crippen LogP contribution in [-0.2, 0) is 6.42 Å². The molecule has 2 nitrogen and oxygen atoms in total. The number of aryl methyl sites for hydroxylation is 2. The molecule has 0 aliphatic carbocycles. The van der Waals surface area contributed by atoms with Gasteiger partial charge in [-0.05, 0) is 69.8 Å². The third-order valence-electron chi connectivity index (χ3n) is 5.01. The van der Waals surface area contributed by atoms with E-state index in [0.29, 0.717) is 0 Å². The molecule has 2 N–H and O–H groups in total. The van der Waals surface area contributed by atoms with Crippen LogP contribution in [0.25, 0.3) is 0 Å². The average molecular weight is 350 g/mol. The van der Waals surface area contributed by atoms with Crippen LogP contribution in [0.4, 0.5) is 0 Å². The van der Waals surface area contributed by atoms with E-state index in [1.165, 1.54) is 95.8 Å². The number of hydrogen-bond donors (Lipinski definition) is 0. The Morgan fingerprint density at radius 1 is 0.680 bits per heavy atom. The van der Waals surface area contributed by atoms with Gasteiger partial charge in [0.1, 0.15) is 0 Å². The molecule has 0 bridgehead atoms. The van der Waals surface area contributed by atoms with Crippen molar-refractivity contribution in [3.05, 3.63) is 35.4 Å². The SMILES string of the molecule is CCCN(CCC)CCCCCCCCCCc1ccccc1C.O. The smallest absolute Gasteiger partial charge is 0.00187 e. The summed E-state index contributed by atoms with van der Waals surface area (Å²) in [5.41, 5.74) is 3.00. The standard InChI is InChI=1S/C23H41N.H2O/c1-4-19-24(20-5-2)21-15-11-9-7-6-8-10-12-17-23-18-14-13-16-22(23)3;/h13-14,16,18H,4-12,15,17,19-21H2,1-3H3;1H2. The van der Waals surface area contributed by atoms with Gasteiger partial charge >= 0.3 is 0 Å². The Balaban J connectivity index is 0.00000576. The number of nitrogens with zero attached hydrogens (tertiary/aromatic N) is 1. The molecule has 0 radical (unpaired) electrons. The summed E-state index contributed by atoms with van der Waals surface area (Å²) in [6.07, 6.45) is 15.1. The Labute approximate surface area is 157 Å². The number of unbranched alkanes of at least 4 members (excludes halogenated alkanes) is 7. The van der Waals surface area contributed by atoms with E-state index in [2.05, 4.69) is 49.9 Å². The van der Waals surface area contributed by atoms with Crippen molar-refractivity contribution < 1.29 is 5.48 Å². The normalized spacial score (nSPS) is 10.9. The van der Waals surface area contributed by atoms with Crippen LogP contribution in [0.15, 0.2) is 24.3 Å². The van der Waals surface area contributed by atoms with Crippen molar-refractivity contribution >= 4 is 0 Å². The Morgan fingerprint density at radius 2 is 1.20 bits per heavy atom. The molecule has 0 saturated heterocycles. The first-order valence-electron chi connectivity index (χ1n) is 10.5. The highest BCUT2D eigenvalue weighted by atomic mass is 16.0. The van der Waals surface area contributed by atoms with Gasteiger partial charge in [0, 0.05) is 0 Å². The van der Waals surface area contributed by atoms with Crippen LogP contribution in [0.3, 0.4) is 0 Å². The van der Waals surface area contributed by atoms with Crippen molar-refractivity contribution in [2.24, 2.45) is 0 Å². The Morgan fingerprint density at radius 3 is 1.76 bits per heavy atom. The Bertz CT molecular complexity index is 399. The van der Waals surface area contributed by atoms with Crippen molar-refractivity contribution in [2.75, 3.05) is 19.6 Å². The van der Waals surface area contributed by atoms with Gasteiger partial charge < -0.3 is 10.4 Å². The molecular weight excluding hydrogens is 306 g/mol. The fourth-order valence-electron chi connectivity index (χ4n) is 3.57. The van der Waals surface area contributed by atoms with Gasteiger partial charge in [-0.25, -0.2) is 0 Å². The minimum absolute atomic E-state index is 0. The van der Waals surface area contributed by atoms with E-state index < -0.39 is 0 Å². The topological polar surface area (TPSA) is 34.7 Å². The van der Waals surface area contributed by atoms with Crippen LogP contribution < -0.4 is 0 Å². The van der Waals surface area contributed by atoms with Gasteiger partial charge in [-0.2, -0.15) is 0 Å². The van der Waals surface area contributed by atoms with Gasteiger partial charge in [0.25, 0.3) is 0 Å². The molecule has 0 aliphatic heterocycles. The van der Waals surface area contributed by atoms with E-state index in [1.807, 2.05) is 0 Å². The Kier molecular flexibility index (Phi) is 16.0. The van der Waals surface area contributed by atoms with Crippen molar-refractivity contribution in [1.29, 1.82) is 0 Å². The molecule has 0 amide bonds. The van der Waals surface area contributed by atoms with Gasteiger partial charge in [0.15, 0.2) is 0 Å². The predicted molar refractivity (Wildman–Crippen MR) is 112 cm³/mol. The lowest BCUT2D eigenvalue weighted by atomic mass is 10.0. The first-order valence-corrected chi connectivity index (χ1v) is 10.5. The second-order valence-electron chi connectivity index (χ2n) is 7.35. The van der Waals surface area contributed by atoms with E-state index in [4.69, 9.17) is 0 Å². The highest BCUT2D eigenvalue weighted by molar-refractivity contribution is 5.25. The Hall–Kier alpha value is -0.860. The van der Waals surface area contributed by atoms with Crippen LogP contribution in [0.1, 0.15) is 89.2 Å². The molecule has 1 rings (SSSR count). The summed E-state index contributed by atoms with van der Waals surface area (Å²) in [7, 11) is 0. The lowest BCUT2D eigenvalue weighted by Crippen LogP contribution is -2.26. The van der Waals surface area contributed by atoms with Crippen molar-refractivity contribution in [1.82, 2.24) is 4.90 Å². The van der Waals surface area contributed by atoms with Crippen LogP contribution in [-0.4, -0.2) is 30.0 Å². The van der Waals surface area contributed by atoms with Gasteiger partial charge in [-0.1, -0.05) is 76.6 Å². The summed E-state index contributed by atoms with van der Waals surface area (Å²) in [4.78, 5) is 2.64. The lowest BCUT2D eigenvalue weighted by Gasteiger charge is -2.20. The summed E-state index contributed by atoms with van der Waals surface area (Å²) in [6, 6.07) is 8.83. The molecule has 0 heterocycles. The van der Waals surface area contributed by atoms with Gasteiger partial charge in [0.05, 0.1) is 0 Å². The molecule has 1 aromatic carbocycles. The second-order valence-corrected chi connectivity index (χ2v) is 7.35. The van der Waals surface area contributed by atoms with E-state index in [-0.39, 0.29) is 5.48 Å². The zero-order valence-electron chi connectivity index (χ0n) is 17.2. The van der Waals surface area contributed by atoms with Crippen LogP contribution in [0.2, 0.25) is 0 Å². The number of benzene rings is 1. The van der Waals surface area contributed by atoms with E-state index in [0.717, 1.165) is 0 Å². The minimum Gasteiger partial charge on any atom is -0.412 e. The van der Waals surface area contributed by atoms with E-state index in [9.17, 15) is 0 Å². The first kappa shape index (κ1) is 24.1. The average Bonchev–Trinajstić information content (AvgIpc) is 2.58. The molecule has 1 aromatic rings. The third kappa shape index (κ3) is 12.2. The maximum atomic E-state index is 2.64. The summed E-state index contributed by atoms with van der Waals surface area (Å²) in [5, 5.41) is 0. The second kappa shape index (κ2) is 16.6. The predicted octanol–water partition coefficient (Wildman–Crippen LogP) is 5.96. The van der Waals surface area contributed by atoms with Crippen molar-refractivity contribution in [3.63, 3.8) is 0 Å². The molecule has 0 aliphatic rings. The molecule has 0 aromatic heterocycles. The fourth-order valence-corrected chi connectivity index (χ4v) is 3.57. The maximum Gasteiger partial charge on any atom is -0.00187 e. The lowest BCUT2D eigenvalue weighted by molar-refractivity contribution is 0.267. The van der Waals surface area contributed by atoms with Crippen LogP contribution >= 0.6 is 0 Å². The summed E-state index contributed by atoms with van der Waals surface area (Å²) < 4.78 is 0. The highest BCUT2D eigenvalue weighted by Crippen LogP contribution is 2.14. The zero-order valence-corrected chi connectivity index (χ0v) is 17.2. The summed E-state index contributed by atoms with van der Waals surface area (Å²) in [5.74, 6) is 0. The maximum absolute atomic E-state index is 2.64. The van der Waals surface area contributed by atoms with E-state index >= 15 is 0 Å². The van der Waals surface area contributed by atoms with E-state index in [1.54, 1.807) is 5.56 Å². The third-order valence-corrected chi connectivity index (χ3v) is 5.01. The molecule has 25 heavy (non-hydrogen) atoms. The zero-order chi connectivity index (χ0) is 17.5. The molecule has 0 saturated carbocycles. The highest BCUT2D eigenvalue weighted by Gasteiger charge is 2.01. The molecule has 2 heteroatoms.